The molecule has 0 unspecified atom stereocenters. The molecule has 1 aromatic carbocycles. The quantitative estimate of drug-likeness (QED) is 0.375. The van der Waals surface area contributed by atoms with E-state index in [1.807, 2.05) is 42.6 Å². The SMILES string of the molecule is CCOc1ccccc1-n1nnnc1SCc1nc(-c2cc(Br)cs2)no1. The topological polar surface area (TPSA) is 91.8 Å². The molecule has 3 aromatic heterocycles. The Morgan fingerprint density at radius 1 is 1.33 bits per heavy atom. The highest BCUT2D eigenvalue weighted by atomic mass is 79.9. The van der Waals surface area contributed by atoms with Crippen molar-refractivity contribution in [2.45, 2.75) is 17.8 Å². The number of tetrazole rings is 1. The molecule has 0 bridgehead atoms. The molecule has 0 fully saturated rings. The van der Waals surface area contributed by atoms with E-state index in [-0.39, 0.29) is 0 Å². The summed E-state index contributed by atoms with van der Waals surface area (Å²) in [7, 11) is 0. The van der Waals surface area contributed by atoms with Crippen molar-refractivity contribution in [3.8, 4) is 22.1 Å². The molecule has 4 rings (SSSR count). The normalized spacial score (nSPS) is 11.0. The lowest BCUT2D eigenvalue weighted by atomic mass is 10.3. The molecule has 0 saturated heterocycles. The third kappa shape index (κ3) is 4.04. The summed E-state index contributed by atoms with van der Waals surface area (Å²) in [6.07, 6.45) is 0. The second-order valence-electron chi connectivity index (χ2n) is 5.20. The van der Waals surface area contributed by atoms with E-state index in [1.165, 1.54) is 11.8 Å². The van der Waals surface area contributed by atoms with Crippen molar-refractivity contribution in [3.63, 3.8) is 0 Å². The first kappa shape index (κ1) is 18.1. The second-order valence-corrected chi connectivity index (χ2v) is 7.97. The molecule has 0 atom stereocenters. The Kier molecular flexibility index (Phi) is 5.50. The number of thiophene rings is 1. The van der Waals surface area contributed by atoms with Crippen molar-refractivity contribution in [1.82, 2.24) is 30.3 Å². The van der Waals surface area contributed by atoms with Crippen molar-refractivity contribution in [2.24, 2.45) is 0 Å². The molecule has 0 aliphatic heterocycles. The average molecular weight is 465 g/mol. The van der Waals surface area contributed by atoms with Gasteiger partial charge < -0.3 is 9.26 Å². The Bertz CT molecular complexity index is 1050. The number of halogens is 1. The molecule has 27 heavy (non-hydrogen) atoms. The fraction of sp³-hybridized carbons (Fsp3) is 0.188. The van der Waals surface area contributed by atoms with Gasteiger partial charge in [0, 0.05) is 9.85 Å². The molecule has 0 N–H and O–H groups in total. The zero-order valence-corrected chi connectivity index (χ0v) is 17.3. The summed E-state index contributed by atoms with van der Waals surface area (Å²) in [5.41, 5.74) is 0.779. The number of rotatable bonds is 7. The minimum absolute atomic E-state index is 0.455. The van der Waals surface area contributed by atoms with Crippen molar-refractivity contribution < 1.29 is 9.26 Å². The van der Waals surface area contributed by atoms with Gasteiger partial charge in [-0.05, 0) is 51.5 Å². The highest BCUT2D eigenvalue weighted by Crippen LogP contribution is 2.30. The Labute approximate surface area is 171 Å². The maximum atomic E-state index is 5.66. The lowest BCUT2D eigenvalue weighted by Gasteiger charge is -2.10. The van der Waals surface area contributed by atoms with Gasteiger partial charge in [-0.3, -0.25) is 0 Å². The Hall–Kier alpha value is -2.24. The van der Waals surface area contributed by atoms with Crippen LogP contribution in [0.5, 0.6) is 5.75 Å². The standard InChI is InChI=1S/C16H13BrN6O2S2/c1-2-24-12-6-4-3-5-11(12)23-16(19-21-22-23)27-9-14-18-15(20-25-14)13-7-10(17)8-26-13/h3-8H,2,9H2,1H3. The predicted molar refractivity (Wildman–Crippen MR) is 105 cm³/mol. The van der Waals surface area contributed by atoms with Crippen LogP contribution in [-0.2, 0) is 5.75 Å². The van der Waals surface area contributed by atoms with Gasteiger partial charge in [-0.15, -0.1) is 16.4 Å². The van der Waals surface area contributed by atoms with Gasteiger partial charge in [-0.25, -0.2) is 0 Å². The number of benzene rings is 1. The molecule has 0 radical (unpaired) electrons. The van der Waals surface area contributed by atoms with E-state index in [1.54, 1.807) is 16.0 Å². The van der Waals surface area contributed by atoms with Crippen molar-refractivity contribution in [2.75, 3.05) is 6.61 Å². The van der Waals surface area contributed by atoms with Gasteiger partial charge in [0.25, 0.3) is 0 Å². The third-order valence-corrected chi connectivity index (χ3v) is 6.01. The minimum atomic E-state index is 0.455. The van der Waals surface area contributed by atoms with Crippen LogP contribution in [0.1, 0.15) is 12.8 Å². The predicted octanol–water partition coefficient (Wildman–Crippen LogP) is 4.23. The van der Waals surface area contributed by atoms with Crippen molar-refractivity contribution in [1.29, 1.82) is 0 Å². The van der Waals surface area contributed by atoms with Crippen LogP contribution >= 0.6 is 39.0 Å². The number of nitrogens with zero attached hydrogens (tertiary/aromatic N) is 6. The molecule has 0 aliphatic carbocycles. The zero-order chi connectivity index (χ0) is 18.6. The molecule has 11 heteroatoms. The lowest BCUT2D eigenvalue weighted by molar-refractivity contribution is 0.337. The molecule has 138 valence electrons. The molecule has 0 spiro atoms. The van der Waals surface area contributed by atoms with Crippen LogP contribution in [0.15, 0.2) is 49.9 Å². The fourth-order valence-electron chi connectivity index (χ4n) is 2.30. The molecule has 3 heterocycles. The van der Waals surface area contributed by atoms with Gasteiger partial charge >= 0.3 is 0 Å². The number of hydrogen-bond acceptors (Lipinski definition) is 9. The lowest BCUT2D eigenvalue weighted by Crippen LogP contribution is -2.03. The first-order chi connectivity index (χ1) is 13.2. The van der Waals surface area contributed by atoms with E-state index in [2.05, 4.69) is 41.6 Å². The monoisotopic (exact) mass is 464 g/mol. The van der Waals surface area contributed by atoms with Crippen LogP contribution in [-0.4, -0.2) is 37.0 Å². The highest BCUT2D eigenvalue weighted by molar-refractivity contribution is 9.10. The Morgan fingerprint density at radius 2 is 2.22 bits per heavy atom. The highest BCUT2D eigenvalue weighted by Gasteiger charge is 2.16. The van der Waals surface area contributed by atoms with Crippen molar-refractivity contribution >= 4 is 39.0 Å². The van der Waals surface area contributed by atoms with E-state index >= 15 is 0 Å². The third-order valence-electron chi connectivity index (χ3n) is 3.41. The molecular formula is C16H13BrN6O2S2. The number of thioether (sulfide) groups is 1. The van der Waals surface area contributed by atoms with Gasteiger partial charge in [0.2, 0.25) is 16.9 Å². The molecule has 0 saturated carbocycles. The maximum absolute atomic E-state index is 5.66. The van der Waals surface area contributed by atoms with Crippen LogP contribution in [0.3, 0.4) is 0 Å². The first-order valence-corrected chi connectivity index (χ1v) is 10.6. The minimum Gasteiger partial charge on any atom is -0.492 e. The first-order valence-electron chi connectivity index (χ1n) is 7.95. The smallest absolute Gasteiger partial charge is 0.237 e. The van der Waals surface area contributed by atoms with Gasteiger partial charge in [0.05, 0.1) is 17.2 Å². The molecular weight excluding hydrogens is 452 g/mol. The summed E-state index contributed by atoms with van der Waals surface area (Å²) in [6.45, 7) is 2.50. The summed E-state index contributed by atoms with van der Waals surface area (Å²) in [5, 5.41) is 18.6. The van der Waals surface area contributed by atoms with E-state index in [9.17, 15) is 0 Å². The average Bonchev–Trinajstić information content (AvgIpc) is 3.41. The number of aromatic nitrogens is 6. The molecule has 8 nitrogen and oxygen atoms in total. The van der Waals surface area contributed by atoms with E-state index in [0.29, 0.717) is 29.2 Å². The van der Waals surface area contributed by atoms with Crippen LogP contribution in [0.2, 0.25) is 0 Å². The molecule has 0 amide bonds. The fourth-order valence-corrected chi connectivity index (χ4v) is 4.37. The second kappa shape index (κ2) is 8.19. The van der Waals surface area contributed by atoms with Crippen LogP contribution in [0.4, 0.5) is 0 Å². The number of hydrogen-bond donors (Lipinski definition) is 0. The Morgan fingerprint density at radius 3 is 3.04 bits per heavy atom. The van der Waals surface area contributed by atoms with Crippen LogP contribution < -0.4 is 4.74 Å². The van der Waals surface area contributed by atoms with Gasteiger partial charge in [-0.2, -0.15) is 9.67 Å². The molecule has 0 aliphatic rings. The van der Waals surface area contributed by atoms with Crippen molar-refractivity contribution in [3.05, 3.63) is 46.1 Å². The summed E-state index contributed by atoms with van der Waals surface area (Å²) >= 11 is 6.39. The van der Waals surface area contributed by atoms with E-state index in [0.717, 1.165) is 20.8 Å². The van der Waals surface area contributed by atoms with E-state index < -0.39 is 0 Å². The maximum Gasteiger partial charge on any atom is 0.237 e. The van der Waals surface area contributed by atoms with Gasteiger partial charge in [0.15, 0.2) is 0 Å². The van der Waals surface area contributed by atoms with Crippen LogP contribution in [0, 0.1) is 0 Å². The summed E-state index contributed by atoms with van der Waals surface area (Å²) < 4.78 is 13.6. The summed E-state index contributed by atoms with van der Waals surface area (Å²) in [5.74, 6) is 2.25. The number of para-hydroxylation sites is 2. The summed E-state index contributed by atoms with van der Waals surface area (Å²) in [4.78, 5) is 5.37. The van der Waals surface area contributed by atoms with Gasteiger partial charge in [-0.1, -0.05) is 29.1 Å². The zero-order valence-electron chi connectivity index (χ0n) is 14.1. The van der Waals surface area contributed by atoms with E-state index in [4.69, 9.17) is 9.26 Å². The van der Waals surface area contributed by atoms with Crippen LogP contribution in [0.25, 0.3) is 16.4 Å². The summed E-state index contributed by atoms with van der Waals surface area (Å²) in [6, 6.07) is 9.58. The van der Waals surface area contributed by atoms with Gasteiger partial charge in [0.1, 0.15) is 11.4 Å². The Balaban J connectivity index is 1.51. The number of ether oxygens (including phenoxy) is 1. The molecule has 4 aromatic rings. The largest absolute Gasteiger partial charge is 0.492 e.